The number of anilines is 1. The van der Waals surface area contributed by atoms with Crippen molar-refractivity contribution in [2.24, 2.45) is 5.73 Å². The van der Waals surface area contributed by atoms with Gasteiger partial charge in [-0.25, -0.2) is 4.39 Å². The average molecular weight is 252 g/mol. The third-order valence-electron chi connectivity index (χ3n) is 2.25. The topological polar surface area (TPSA) is 83.6 Å². The van der Waals surface area contributed by atoms with Gasteiger partial charge >= 0.3 is 5.97 Å². The lowest BCUT2D eigenvalue weighted by molar-refractivity contribution is -0.135. The lowest BCUT2D eigenvalue weighted by Gasteiger charge is -2.21. The van der Waals surface area contributed by atoms with Crippen molar-refractivity contribution in [3.8, 4) is 0 Å². The number of nitrogens with zero attached hydrogens (tertiary/aromatic N) is 1. The molecule has 6 heteroatoms. The molecule has 0 aliphatic rings. The molecule has 0 heterocycles. The Balaban J connectivity index is 3.08. The van der Waals surface area contributed by atoms with Gasteiger partial charge in [0.15, 0.2) is 0 Å². The fourth-order valence-corrected chi connectivity index (χ4v) is 1.48. The number of rotatable bonds is 6. The van der Waals surface area contributed by atoms with Crippen LogP contribution in [0.5, 0.6) is 0 Å². The van der Waals surface area contributed by atoms with Gasteiger partial charge in [0.1, 0.15) is 12.4 Å². The first kappa shape index (κ1) is 13.7. The Morgan fingerprint density at radius 2 is 2.17 bits per heavy atom. The lowest BCUT2D eigenvalue weighted by Crippen LogP contribution is -2.30. The molecular weight excluding hydrogens is 239 g/mol. The molecule has 0 saturated heterocycles. The van der Waals surface area contributed by atoms with Crippen molar-refractivity contribution in [2.75, 3.05) is 18.0 Å². The van der Waals surface area contributed by atoms with Crippen molar-refractivity contribution in [3.63, 3.8) is 0 Å². The van der Waals surface area contributed by atoms with Gasteiger partial charge in [-0.2, -0.15) is 0 Å². The Kier molecular flexibility index (Phi) is 4.42. The summed E-state index contributed by atoms with van der Waals surface area (Å²) in [6.45, 7) is 3.30. The third-order valence-corrected chi connectivity index (χ3v) is 2.25. The molecule has 0 aromatic heterocycles. The molecule has 0 radical (unpaired) electrons. The zero-order chi connectivity index (χ0) is 13.7. The smallest absolute Gasteiger partial charge is 0.323 e. The molecular formula is C12H13FN2O3. The molecule has 0 spiro atoms. The second-order valence-electron chi connectivity index (χ2n) is 3.59. The van der Waals surface area contributed by atoms with Gasteiger partial charge in [0.2, 0.25) is 5.91 Å². The summed E-state index contributed by atoms with van der Waals surface area (Å²) < 4.78 is 13.8. The molecule has 3 N–H and O–H groups in total. The molecule has 0 bridgehead atoms. The number of halogens is 1. The van der Waals surface area contributed by atoms with Crippen molar-refractivity contribution in [1.29, 1.82) is 0 Å². The highest BCUT2D eigenvalue weighted by molar-refractivity contribution is 5.93. The number of carbonyl (C=O) groups excluding carboxylic acids is 1. The molecule has 0 unspecified atom stereocenters. The van der Waals surface area contributed by atoms with E-state index in [9.17, 15) is 14.0 Å². The first-order valence-electron chi connectivity index (χ1n) is 5.12. The lowest BCUT2D eigenvalue weighted by atomic mass is 10.1. The van der Waals surface area contributed by atoms with E-state index in [4.69, 9.17) is 10.8 Å². The standard InChI is InChI=1S/C12H13FN2O3/c1-2-5-15(7-11(16)17)10-4-3-8(12(14)18)6-9(10)13/h2-4,6H,1,5,7H2,(H2,14,18)(H,16,17). The van der Waals surface area contributed by atoms with Gasteiger partial charge in [-0.1, -0.05) is 6.08 Å². The molecule has 18 heavy (non-hydrogen) atoms. The van der Waals surface area contributed by atoms with E-state index in [1.807, 2.05) is 0 Å². The van der Waals surface area contributed by atoms with Gasteiger partial charge in [-0.05, 0) is 18.2 Å². The average Bonchev–Trinajstić information content (AvgIpc) is 2.27. The predicted octanol–water partition coefficient (Wildman–Crippen LogP) is 1.00. The van der Waals surface area contributed by atoms with E-state index in [2.05, 4.69) is 6.58 Å². The van der Waals surface area contributed by atoms with Crippen molar-refractivity contribution in [2.45, 2.75) is 0 Å². The highest BCUT2D eigenvalue weighted by Crippen LogP contribution is 2.20. The van der Waals surface area contributed by atoms with Gasteiger partial charge in [0, 0.05) is 12.1 Å². The normalized spacial score (nSPS) is 9.83. The number of carboxylic acid groups (broad SMARTS) is 1. The van der Waals surface area contributed by atoms with E-state index in [0.29, 0.717) is 0 Å². The van der Waals surface area contributed by atoms with Crippen LogP contribution in [-0.4, -0.2) is 30.1 Å². The number of hydrogen-bond donors (Lipinski definition) is 2. The number of aliphatic carboxylic acids is 1. The molecule has 0 fully saturated rings. The minimum Gasteiger partial charge on any atom is -0.480 e. The zero-order valence-electron chi connectivity index (χ0n) is 9.60. The molecule has 0 aliphatic heterocycles. The van der Waals surface area contributed by atoms with Crippen LogP contribution >= 0.6 is 0 Å². The molecule has 5 nitrogen and oxygen atoms in total. The van der Waals surface area contributed by atoms with Crippen molar-refractivity contribution >= 4 is 17.6 Å². The van der Waals surface area contributed by atoms with Crippen molar-refractivity contribution in [3.05, 3.63) is 42.2 Å². The molecule has 1 rings (SSSR count). The molecule has 0 saturated carbocycles. The summed E-state index contributed by atoms with van der Waals surface area (Å²) in [5.74, 6) is -2.53. The van der Waals surface area contributed by atoms with Crippen molar-refractivity contribution < 1.29 is 19.1 Å². The Morgan fingerprint density at radius 3 is 2.61 bits per heavy atom. The highest BCUT2D eigenvalue weighted by Gasteiger charge is 2.15. The number of benzene rings is 1. The van der Waals surface area contributed by atoms with Gasteiger partial charge in [-0.15, -0.1) is 6.58 Å². The maximum absolute atomic E-state index is 13.8. The molecule has 0 atom stereocenters. The molecule has 1 amide bonds. The summed E-state index contributed by atoms with van der Waals surface area (Å²) in [5.41, 5.74) is 5.14. The van der Waals surface area contributed by atoms with Crippen LogP contribution in [0.25, 0.3) is 0 Å². The fraction of sp³-hybridized carbons (Fsp3) is 0.167. The van der Waals surface area contributed by atoms with Crippen LogP contribution in [0.15, 0.2) is 30.9 Å². The van der Waals surface area contributed by atoms with Crippen molar-refractivity contribution in [1.82, 2.24) is 0 Å². The molecule has 1 aromatic rings. The number of amides is 1. The van der Waals surface area contributed by atoms with E-state index in [1.54, 1.807) is 0 Å². The monoisotopic (exact) mass is 252 g/mol. The van der Waals surface area contributed by atoms with Gasteiger partial charge in [0.25, 0.3) is 0 Å². The summed E-state index contributed by atoms with van der Waals surface area (Å²) in [4.78, 5) is 22.8. The second kappa shape index (κ2) is 5.81. The summed E-state index contributed by atoms with van der Waals surface area (Å²) in [7, 11) is 0. The zero-order valence-corrected chi connectivity index (χ0v) is 9.60. The Hall–Kier alpha value is -2.37. The highest BCUT2D eigenvalue weighted by atomic mass is 19.1. The second-order valence-corrected chi connectivity index (χ2v) is 3.59. The quantitative estimate of drug-likeness (QED) is 0.740. The summed E-state index contributed by atoms with van der Waals surface area (Å²) in [6, 6.07) is 3.65. The molecule has 0 aliphatic carbocycles. The maximum atomic E-state index is 13.8. The largest absolute Gasteiger partial charge is 0.480 e. The summed E-state index contributed by atoms with van der Waals surface area (Å²) >= 11 is 0. The maximum Gasteiger partial charge on any atom is 0.323 e. The van der Waals surface area contributed by atoms with Crippen LogP contribution in [0.1, 0.15) is 10.4 Å². The SMILES string of the molecule is C=CCN(CC(=O)O)c1ccc(C(N)=O)cc1F. The number of nitrogens with two attached hydrogens (primary N) is 1. The van der Waals surface area contributed by atoms with Gasteiger partial charge < -0.3 is 15.7 Å². The van der Waals surface area contributed by atoms with Crippen LogP contribution in [0, 0.1) is 5.82 Å². The van der Waals surface area contributed by atoms with Crippen LogP contribution in [0.4, 0.5) is 10.1 Å². The van der Waals surface area contributed by atoms with Gasteiger partial charge in [0.05, 0.1) is 5.69 Å². The first-order valence-corrected chi connectivity index (χ1v) is 5.12. The van der Waals surface area contributed by atoms with Gasteiger partial charge in [-0.3, -0.25) is 9.59 Å². The number of hydrogen-bond acceptors (Lipinski definition) is 3. The summed E-state index contributed by atoms with van der Waals surface area (Å²) in [5, 5.41) is 8.73. The van der Waals surface area contributed by atoms with Crippen LogP contribution in [-0.2, 0) is 4.79 Å². The van der Waals surface area contributed by atoms with E-state index < -0.39 is 17.7 Å². The minimum absolute atomic E-state index is 0.0325. The Morgan fingerprint density at radius 1 is 1.50 bits per heavy atom. The van der Waals surface area contributed by atoms with E-state index in [0.717, 1.165) is 6.07 Å². The van der Waals surface area contributed by atoms with E-state index >= 15 is 0 Å². The predicted molar refractivity (Wildman–Crippen MR) is 65.0 cm³/mol. The number of carbonyl (C=O) groups is 2. The van der Waals surface area contributed by atoms with Crippen LogP contribution in [0.3, 0.4) is 0 Å². The minimum atomic E-state index is -1.09. The molecule has 1 aromatic carbocycles. The fourth-order valence-electron chi connectivity index (χ4n) is 1.48. The van der Waals surface area contributed by atoms with E-state index in [1.165, 1.54) is 23.1 Å². The van der Waals surface area contributed by atoms with E-state index in [-0.39, 0.29) is 24.3 Å². The Bertz CT molecular complexity index is 488. The Labute approximate surface area is 103 Å². The molecule has 96 valence electrons. The van der Waals surface area contributed by atoms with Crippen LogP contribution in [0.2, 0.25) is 0 Å². The summed E-state index contributed by atoms with van der Waals surface area (Å²) in [6.07, 6.45) is 1.46. The first-order chi connectivity index (χ1) is 8.45. The number of carboxylic acids is 1. The van der Waals surface area contributed by atoms with Crippen LogP contribution < -0.4 is 10.6 Å². The number of primary amides is 1. The third kappa shape index (κ3) is 3.31.